The summed E-state index contributed by atoms with van der Waals surface area (Å²) in [5.41, 5.74) is 4.20. The monoisotopic (exact) mass is 633 g/mol. The normalized spacial score (nSPS) is 12.8. The second kappa shape index (κ2) is 14.1. The van der Waals surface area contributed by atoms with Gasteiger partial charge in [0.2, 0.25) is 11.8 Å². The number of hydrogen-bond acceptors (Lipinski definition) is 9. The minimum Gasteiger partial charge on any atom is -0.497 e. The van der Waals surface area contributed by atoms with E-state index in [1.807, 2.05) is 60.0 Å². The maximum Gasteiger partial charge on any atom is 0.341 e. The first kappa shape index (κ1) is 31.3. The lowest BCUT2D eigenvalue weighted by Gasteiger charge is -2.15. The standard InChI is InChI=1S/C32H35N5O5S2/c1-5-42-31(40)28-24-10-7-11-25(24)44-30(28)34-29(39)20(3)43-32-36-35-26(37(32)22-9-6-8-19(2)16-22)18-33-27(38)17-21-12-14-23(41-4)15-13-21/h6,8-9,12-16,20H,5,7,10-11,17-18H2,1-4H3,(H,33,38)(H,34,39)/t20-/m0/s1. The molecule has 5 rings (SSSR count). The number of nitrogens with one attached hydrogen (secondary N) is 2. The molecule has 0 bridgehead atoms. The lowest BCUT2D eigenvalue weighted by molar-refractivity contribution is -0.120. The first-order valence-corrected chi connectivity index (χ1v) is 16.2. The molecule has 0 saturated carbocycles. The van der Waals surface area contributed by atoms with E-state index in [2.05, 4.69) is 20.8 Å². The number of esters is 1. The average molecular weight is 634 g/mol. The van der Waals surface area contributed by atoms with E-state index in [0.717, 1.165) is 52.3 Å². The van der Waals surface area contributed by atoms with Crippen LogP contribution in [0.4, 0.5) is 5.00 Å². The fourth-order valence-corrected chi connectivity index (χ4v) is 7.19. The summed E-state index contributed by atoms with van der Waals surface area (Å²) in [5.74, 6) is 0.449. The zero-order valence-electron chi connectivity index (χ0n) is 25.1. The van der Waals surface area contributed by atoms with Crippen molar-refractivity contribution in [1.29, 1.82) is 0 Å². The maximum atomic E-state index is 13.4. The molecular weight excluding hydrogens is 599 g/mol. The number of nitrogens with zero attached hydrogens (tertiary/aromatic N) is 3. The molecular formula is C32H35N5O5S2. The minimum atomic E-state index is -0.563. The zero-order chi connectivity index (χ0) is 31.2. The number of aryl methyl sites for hydroxylation is 2. The highest BCUT2D eigenvalue weighted by Crippen LogP contribution is 2.40. The zero-order valence-corrected chi connectivity index (χ0v) is 26.8. The van der Waals surface area contributed by atoms with E-state index < -0.39 is 11.2 Å². The van der Waals surface area contributed by atoms with E-state index in [4.69, 9.17) is 9.47 Å². The molecule has 0 spiro atoms. The minimum absolute atomic E-state index is 0.153. The van der Waals surface area contributed by atoms with Gasteiger partial charge < -0.3 is 20.1 Å². The van der Waals surface area contributed by atoms with Crippen molar-refractivity contribution in [1.82, 2.24) is 20.1 Å². The third-order valence-electron chi connectivity index (χ3n) is 7.22. The number of carbonyl (C=O) groups is 3. The maximum absolute atomic E-state index is 13.4. The molecule has 0 saturated heterocycles. The first-order valence-electron chi connectivity index (χ1n) is 14.5. The van der Waals surface area contributed by atoms with Crippen molar-refractivity contribution in [2.75, 3.05) is 19.0 Å². The van der Waals surface area contributed by atoms with Gasteiger partial charge in [-0.2, -0.15) is 0 Å². The van der Waals surface area contributed by atoms with Gasteiger partial charge in [-0.25, -0.2) is 4.79 Å². The highest BCUT2D eigenvalue weighted by molar-refractivity contribution is 8.00. The molecule has 2 aromatic carbocycles. The van der Waals surface area contributed by atoms with Crippen LogP contribution < -0.4 is 15.4 Å². The quantitative estimate of drug-likeness (QED) is 0.159. The topological polar surface area (TPSA) is 124 Å². The summed E-state index contributed by atoms with van der Waals surface area (Å²) in [6.07, 6.45) is 2.90. The van der Waals surface area contributed by atoms with Crippen molar-refractivity contribution in [2.24, 2.45) is 0 Å². The number of methoxy groups -OCH3 is 1. The van der Waals surface area contributed by atoms with E-state index in [-0.39, 0.29) is 31.4 Å². The van der Waals surface area contributed by atoms with Gasteiger partial charge in [0.05, 0.1) is 37.5 Å². The Morgan fingerprint density at radius 1 is 1.11 bits per heavy atom. The van der Waals surface area contributed by atoms with Crippen LogP contribution in [-0.2, 0) is 40.1 Å². The smallest absolute Gasteiger partial charge is 0.341 e. The van der Waals surface area contributed by atoms with Crippen LogP contribution in [0.15, 0.2) is 53.7 Å². The Bertz CT molecular complexity index is 1660. The van der Waals surface area contributed by atoms with E-state index in [9.17, 15) is 14.4 Å². The van der Waals surface area contributed by atoms with Crippen LogP contribution in [0.5, 0.6) is 5.75 Å². The van der Waals surface area contributed by atoms with E-state index in [1.54, 1.807) is 21.0 Å². The predicted molar refractivity (Wildman–Crippen MR) is 171 cm³/mol. The Balaban J connectivity index is 1.32. The molecule has 230 valence electrons. The number of rotatable bonds is 12. The molecule has 0 radical (unpaired) electrons. The van der Waals surface area contributed by atoms with Gasteiger partial charge in [0.15, 0.2) is 11.0 Å². The summed E-state index contributed by atoms with van der Waals surface area (Å²) in [6.45, 7) is 5.97. The summed E-state index contributed by atoms with van der Waals surface area (Å²) < 4.78 is 12.4. The van der Waals surface area contributed by atoms with Gasteiger partial charge in [0.25, 0.3) is 0 Å². The summed E-state index contributed by atoms with van der Waals surface area (Å²) in [6, 6.07) is 15.2. The summed E-state index contributed by atoms with van der Waals surface area (Å²) >= 11 is 2.71. The predicted octanol–water partition coefficient (Wildman–Crippen LogP) is 5.29. The molecule has 1 aliphatic rings. The molecule has 2 amide bonds. The highest BCUT2D eigenvalue weighted by Gasteiger charge is 2.30. The SMILES string of the molecule is CCOC(=O)c1c(NC(=O)[C@H](C)Sc2nnc(CNC(=O)Cc3ccc(OC)cc3)n2-c2cccc(C)c2)sc2c1CCC2. The first-order chi connectivity index (χ1) is 21.3. The van der Waals surface area contributed by atoms with Crippen molar-refractivity contribution in [3.05, 3.63) is 81.5 Å². The number of amides is 2. The summed E-state index contributed by atoms with van der Waals surface area (Å²) in [5, 5.41) is 15.2. The number of ether oxygens (including phenoxy) is 2. The number of benzene rings is 2. The van der Waals surface area contributed by atoms with Crippen LogP contribution in [0, 0.1) is 6.92 Å². The number of fused-ring (bicyclic) bond motifs is 1. The Morgan fingerprint density at radius 2 is 1.91 bits per heavy atom. The van der Waals surface area contributed by atoms with Crippen LogP contribution >= 0.6 is 23.1 Å². The Morgan fingerprint density at radius 3 is 2.64 bits per heavy atom. The fourth-order valence-electron chi connectivity index (χ4n) is 5.02. The number of hydrogen-bond donors (Lipinski definition) is 2. The Labute approximate surface area is 264 Å². The fraction of sp³-hybridized carbons (Fsp3) is 0.344. The number of carbonyl (C=O) groups excluding carboxylic acids is 3. The Hall–Kier alpha value is -4.16. The van der Waals surface area contributed by atoms with E-state index in [1.165, 1.54) is 23.1 Å². The van der Waals surface area contributed by atoms with Gasteiger partial charge in [-0.15, -0.1) is 21.5 Å². The average Bonchev–Trinajstić information content (AvgIpc) is 3.71. The van der Waals surface area contributed by atoms with Crippen molar-refractivity contribution in [3.8, 4) is 11.4 Å². The van der Waals surface area contributed by atoms with Gasteiger partial charge >= 0.3 is 5.97 Å². The lowest BCUT2D eigenvalue weighted by atomic mass is 10.1. The molecule has 1 aliphatic carbocycles. The third-order valence-corrected chi connectivity index (χ3v) is 9.47. The Kier molecular flexibility index (Phi) is 10.0. The van der Waals surface area contributed by atoms with Gasteiger partial charge in [-0.1, -0.05) is 36.0 Å². The van der Waals surface area contributed by atoms with Gasteiger partial charge in [0.1, 0.15) is 10.8 Å². The molecule has 10 nitrogen and oxygen atoms in total. The van der Waals surface area contributed by atoms with Crippen molar-refractivity contribution in [2.45, 2.75) is 63.4 Å². The molecule has 0 unspecified atom stereocenters. The van der Waals surface area contributed by atoms with Gasteiger partial charge in [0, 0.05) is 10.6 Å². The van der Waals surface area contributed by atoms with Crippen LogP contribution in [0.25, 0.3) is 5.69 Å². The second-order valence-electron chi connectivity index (χ2n) is 10.4. The van der Waals surface area contributed by atoms with Gasteiger partial charge in [-0.05, 0) is 81.0 Å². The van der Waals surface area contributed by atoms with Crippen molar-refractivity contribution in [3.63, 3.8) is 0 Å². The number of anilines is 1. The van der Waals surface area contributed by atoms with Crippen LogP contribution in [-0.4, -0.2) is 51.5 Å². The lowest BCUT2D eigenvalue weighted by Crippen LogP contribution is -2.26. The molecule has 2 aromatic heterocycles. The van der Waals surface area contributed by atoms with Crippen LogP contribution in [0.1, 0.15) is 58.0 Å². The number of thioether (sulfide) groups is 1. The molecule has 0 fully saturated rings. The summed E-state index contributed by atoms with van der Waals surface area (Å²) in [7, 11) is 1.60. The number of aromatic nitrogens is 3. The molecule has 1 atom stereocenters. The molecule has 2 heterocycles. The van der Waals surface area contributed by atoms with Crippen LogP contribution in [0.3, 0.4) is 0 Å². The van der Waals surface area contributed by atoms with Crippen LogP contribution in [0.2, 0.25) is 0 Å². The number of thiophene rings is 1. The molecule has 12 heteroatoms. The molecule has 4 aromatic rings. The molecule has 2 N–H and O–H groups in total. The van der Waals surface area contributed by atoms with E-state index >= 15 is 0 Å². The largest absolute Gasteiger partial charge is 0.497 e. The van der Waals surface area contributed by atoms with Crippen molar-refractivity contribution < 1.29 is 23.9 Å². The van der Waals surface area contributed by atoms with E-state index in [0.29, 0.717) is 21.5 Å². The summed E-state index contributed by atoms with van der Waals surface area (Å²) in [4.78, 5) is 40.1. The second-order valence-corrected chi connectivity index (χ2v) is 12.8. The van der Waals surface area contributed by atoms with Crippen molar-refractivity contribution >= 4 is 45.9 Å². The molecule has 44 heavy (non-hydrogen) atoms. The third kappa shape index (κ3) is 7.13. The highest BCUT2D eigenvalue weighted by atomic mass is 32.2. The molecule has 0 aliphatic heterocycles. The van der Waals surface area contributed by atoms with Gasteiger partial charge in [-0.3, -0.25) is 14.2 Å².